The van der Waals surface area contributed by atoms with E-state index in [4.69, 9.17) is 0 Å². The standard InChI is InChI=1S/C17H30N4O2/c1-12-10-21(13(2)17(23)18-15-4-5-15)11-16(12)20-8-6-19(7-9-20)14(3)22/h12-13,15-16H,4-11H2,1-3H3,(H,18,23)/t12-,13+,16-/m1/s1. The number of piperazine rings is 1. The van der Waals surface area contributed by atoms with Crippen LogP contribution in [0.1, 0.15) is 33.6 Å². The Morgan fingerprint density at radius 2 is 1.74 bits per heavy atom. The molecule has 3 aliphatic rings. The van der Waals surface area contributed by atoms with Gasteiger partial charge < -0.3 is 10.2 Å². The monoisotopic (exact) mass is 322 g/mol. The highest BCUT2D eigenvalue weighted by Crippen LogP contribution is 2.25. The summed E-state index contributed by atoms with van der Waals surface area (Å²) in [6, 6.07) is 0.891. The molecule has 6 heteroatoms. The molecule has 0 aromatic heterocycles. The predicted octanol–water partition coefficient (Wildman–Crippen LogP) is 0.138. The van der Waals surface area contributed by atoms with Gasteiger partial charge in [-0.2, -0.15) is 0 Å². The van der Waals surface area contributed by atoms with Gasteiger partial charge in [-0.25, -0.2) is 0 Å². The van der Waals surface area contributed by atoms with E-state index < -0.39 is 0 Å². The predicted molar refractivity (Wildman–Crippen MR) is 89.0 cm³/mol. The summed E-state index contributed by atoms with van der Waals surface area (Å²) in [5.41, 5.74) is 0. The van der Waals surface area contributed by atoms with Gasteiger partial charge in [-0.1, -0.05) is 6.92 Å². The fourth-order valence-corrected chi connectivity index (χ4v) is 3.86. The Labute approximate surface area is 139 Å². The third-order valence-electron chi connectivity index (χ3n) is 5.68. The smallest absolute Gasteiger partial charge is 0.237 e. The summed E-state index contributed by atoms with van der Waals surface area (Å²) in [5.74, 6) is 0.924. The normalized spacial score (nSPS) is 31.2. The Bertz CT molecular complexity index is 458. The van der Waals surface area contributed by atoms with Gasteiger partial charge in [0.2, 0.25) is 11.8 Å². The van der Waals surface area contributed by atoms with Gasteiger partial charge in [0.15, 0.2) is 0 Å². The molecular weight excluding hydrogens is 292 g/mol. The summed E-state index contributed by atoms with van der Waals surface area (Å²) >= 11 is 0. The minimum Gasteiger partial charge on any atom is -0.352 e. The van der Waals surface area contributed by atoms with Crippen molar-refractivity contribution in [3.05, 3.63) is 0 Å². The van der Waals surface area contributed by atoms with Crippen LogP contribution in [0.15, 0.2) is 0 Å². The van der Waals surface area contributed by atoms with E-state index in [1.54, 1.807) is 6.92 Å². The Balaban J connectivity index is 1.52. The third kappa shape index (κ3) is 3.86. The molecule has 0 bridgehead atoms. The molecule has 2 amide bonds. The zero-order valence-corrected chi connectivity index (χ0v) is 14.6. The first-order valence-corrected chi connectivity index (χ1v) is 8.99. The number of amides is 2. The SMILES string of the molecule is CC(=O)N1CCN([C@@H]2CN([C@@H](C)C(=O)NC3CC3)C[C@H]2C)CC1. The lowest BCUT2D eigenvalue weighted by atomic mass is 10.0. The highest BCUT2D eigenvalue weighted by atomic mass is 16.2. The quantitative estimate of drug-likeness (QED) is 0.800. The van der Waals surface area contributed by atoms with Gasteiger partial charge in [-0.15, -0.1) is 0 Å². The van der Waals surface area contributed by atoms with Gasteiger partial charge >= 0.3 is 0 Å². The van der Waals surface area contributed by atoms with Crippen LogP contribution < -0.4 is 5.32 Å². The van der Waals surface area contributed by atoms with Crippen LogP contribution in [0.3, 0.4) is 0 Å². The van der Waals surface area contributed by atoms with Crippen molar-refractivity contribution in [1.82, 2.24) is 20.0 Å². The average molecular weight is 322 g/mol. The molecule has 0 aromatic rings. The van der Waals surface area contributed by atoms with Crippen molar-refractivity contribution in [1.29, 1.82) is 0 Å². The van der Waals surface area contributed by atoms with Gasteiger partial charge in [0.25, 0.3) is 0 Å². The van der Waals surface area contributed by atoms with Crippen molar-refractivity contribution < 1.29 is 9.59 Å². The van der Waals surface area contributed by atoms with Gasteiger partial charge in [0.1, 0.15) is 0 Å². The van der Waals surface area contributed by atoms with E-state index in [1.807, 2.05) is 11.8 Å². The molecule has 2 saturated heterocycles. The maximum atomic E-state index is 12.3. The van der Waals surface area contributed by atoms with Crippen LogP contribution in [0.5, 0.6) is 0 Å². The molecule has 1 saturated carbocycles. The van der Waals surface area contributed by atoms with Crippen LogP contribution in [-0.4, -0.2) is 83.9 Å². The van der Waals surface area contributed by atoms with E-state index in [2.05, 4.69) is 22.0 Å². The van der Waals surface area contributed by atoms with Crippen LogP contribution in [0.25, 0.3) is 0 Å². The van der Waals surface area contributed by atoms with E-state index >= 15 is 0 Å². The zero-order valence-electron chi connectivity index (χ0n) is 14.6. The molecule has 23 heavy (non-hydrogen) atoms. The second-order valence-electron chi connectivity index (χ2n) is 7.50. The summed E-state index contributed by atoms with van der Waals surface area (Å²) < 4.78 is 0. The Hall–Kier alpha value is -1.14. The number of rotatable bonds is 4. The number of nitrogens with zero attached hydrogens (tertiary/aromatic N) is 3. The second kappa shape index (κ2) is 6.77. The number of likely N-dealkylation sites (tertiary alicyclic amines) is 1. The van der Waals surface area contributed by atoms with Crippen LogP contribution in [-0.2, 0) is 9.59 Å². The fourth-order valence-electron chi connectivity index (χ4n) is 3.86. The molecule has 3 rings (SSSR count). The van der Waals surface area contributed by atoms with E-state index in [1.165, 1.54) is 0 Å². The number of hydrogen-bond donors (Lipinski definition) is 1. The Morgan fingerprint density at radius 1 is 1.09 bits per heavy atom. The largest absolute Gasteiger partial charge is 0.352 e. The molecular formula is C17H30N4O2. The number of carbonyl (C=O) groups excluding carboxylic acids is 2. The van der Waals surface area contributed by atoms with E-state index in [-0.39, 0.29) is 17.9 Å². The van der Waals surface area contributed by atoms with Crippen LogP contribution in [0, 0.1) is 5.92 Å². The van der Waals surface area contributed by atoms with Crippen LogP contribution >= 0.6 is 0 Å². The summed E-state index contributed by atoms with van der Waals surface area (Å²) in [4.78, 5) is 30.5. The van der Waals surface area contributed by atoms with E-state index in [9.17, 15) is 9.59 Å². The van der Waals surface area contributed by atoms with Crippen LogP contribution in [0.2, 0.25) is 0 Å². The first-order chi connectivity index (χ1) is 11.0. The van der Waals surface area contributed by atoms with Crippen molar-refractivity contribution in [2.45, 2.75) is 51.7 Å². The summed E-state index contributed by atoms with van der Waals surface area (Å²) in [6.07, 6.45) is 2.27. The van der Waals surface area contributed by atoms with Crippen molar-refractivity contribution in [3.8, 4) is 0 Å². The molecule has 0 radical (unpaired) electrons. The van der Waals surface area contributed by atoms with Crippen molar-refractivity contribution in [2.24, 2.45) is 5.92 Å². The summed E-state index contributed by atoms with van der Waals surface area (Å²) in [6.45, 7) is 11.5. The zero-order chi connectivity index (χ0) is 16.6. The first-order valence-electron chi connectivity index (χ1n) is 8.99. The first kappa shape index (κ1) is 16.7. The van der Waals surface area contributed by atoms with Crippen LogP contribution in [0.4, 0.5) is 0 Å². The molecule has 0 unspecified atom stereocenters. The Kier molecular flexibility index (Phi) is 4.92. The van der Waals surface area contributed by atoms with Crippen molar-refractivity contribution >= 4 is 11.8 Å². The van der Waals surface area contributed by atoms with Gasteiger partial charge in [-0.3, -0.25) is 19.4 Å². The molecule has 1 aliphatic carbocycles. The minimum atomic E-state index is -0.0402. The molecule has 6 nitrogen and oxygen atoms in total. The lowest BCUT2D eigenvalue weighted by Gasteiger charge is -2.39. The molecule has 0 aromatic carbocycles. The number of nitrogens with one attached hydrogen (secondary N) is 1. The minimum absolute atomic E-state index is 0.0402. The average Bonchev–Trinajstić information content (AvgIpc) is 3.26. The second-order valence-corrected chi connectivity index (χ2v) is 7.50. The lowest BCUT2D eigenvalue weighted by Crippen LogP contribution is -2.53. The number of carbonyl (C=O) groups is 2. The highest BCUT2D eigenvalue weighted by Gasteiger charge is 2.39. The topological polar surface area (TPSA) is 55.9 Å². The third-order valence-corrected chi connectivity index (χ3v) is 5.68. The maximum Gasteiger partial charge on any atom is 0.237 e. The lowest BCUT2D eigenvalue weighted by molar-refractivity contribution is -0.131. The molecule has 3 atom stereocenters. The van der Waals surface area contributed by atoms with Gasteiger partial charge in [0, 0.05) is 58.3 Å². The number of hydrogen-bond acceptors (Lipinski definition) is 4. The van der Waals surface area contributed by atoms with E-state index in [0.717, 1.165) is 52.1 Å². The molecule has 2 heterocycles. The summed E-state index contributed by atoms with van der Waals surface area (Å²) in [7, 11) is 0. The molecule has 2 aliphatic heterocycles. The fraction of sp³-hybridized carbons (Fsp3) is 0.882. The van der Waals surface area contributed by atoms with Gasteiger partial charge in [-0.05, 0) is 25.7 Å². The molecule has 130 valence electrons. The van der Waals surface area contributed by atoms with Crippen molar-refractivity contribution in [3.63, 3.8) is 0 Å². The van der Waals surface area contributed by atoms with Crippen molar-refractivity contribution in [2.75, 3.05) is 39.3 Å². The summed E-state index contributed by atoms with van der Waals surface area (Å²) in [5, 5.41) is 3.12. The highest BCUT2D eigenvalue weighted by molar-refractivity contribution is 5.81. The van der Waals surface area contributed by atoms with E-state index in [0.29, 0.717) is 18.0 Å². The molecule has 0 spiro atoms. The molecule has 3 fully saturated rings. The maximum absolute atomic E-state index is 12.3. The Morgan fingerprint density at radius 3 is 2.30 bits per heavy atom. The molecule has 1 N–H and O–H groups in total. The van der Waals surface area contributed by atoms with Gasteiger partial charge in [0.05, 0.1) is 6.04 Å².